The molecule has 2 rings (SSSR count). The lowest BCUT2D eigenvalue weighted by Gasteiger charge is -2.26. The first-order valence-electron chi connectivity index (χ1n) is 13.1. The summed E-state index contributed by atoms with van der Waals surface area (Å²) in [5.74, 6) is 0.486. The average molecular weight is 412 g/mol. The quantitative estimate of drug-likeness (QED) is 0.177. The molecule has 0 bridgehead atoms. The van der Waals surface area contributed by atoms with Gasteiger partial charge in [0.05, 0.1) is 5.78 Å². The first kappa shape index (κ1) is 24.5. The number of piperidine rings is 1. The van der Waals surface area contributed by atoms with Gasteiger partial charge in [-0.2, -0.15) is 0 Å². The fourth-order valence-electron chi connectivity index (χ4n) is 5.45. The van der Waals surface area contributed by atoms with Crippen molar-refractivity contribution in [2.75, 3.05) is 19.3 Å². The largest absolute Gasteiger partial charge is 0.322 e. The predicted molar refractivity (Wildman–Crippen MR) is 126 cm³/mol. The van der Waals surface area contributed by atoms with E-state index in [-0.39, 0.29) is 0 Å². The molecule has 0 aromatic carbocycles. The summed E-state index contributed by atoms with van der Waals surface area (Å²) in [5.41, 5.74) is 0.563. The van der Waals surface area contributed by atoms with E-state index in [2.05, 4.69) is 18.7 Å². The first-order chi connectivity index (χ1) is 13.7. The van der Waals surface area contributed by atoms with Crippen molar-refractivity contribution < 1.29 is 4.57 Å². The Labute approximate surface area is 177 Å². The van der Waals surface area contributed by atoms with Crippen LogP contribution in [0.15, 0.2) is 0 Å². The van der Waals surface area contributed by atoms with E-state index in [9.17, 15) is 4.57 Å². The van der Waals surface area contributed by atoms with E-state index in [1.165, 1.54) is 129 Å². The van der Waals surface area contributed by atoms with Crippen LogP contribution in [-0.2, 0) is 4.57 Å². The summed E-state index contributed by atoms with van der Waals surface area (Å²) in [6, 6.07) is 0. The third kappa shape index (κ3) is 8.14. The summed E-state index contributed by atoms with van der Waals surface area (Å²) in [4.78, 5) is 2.60. The molecule has 0 radical (unpaired) electrons. The summed E-state index contributed by atoms with van der Waals surface area (Å²) in [7, 11) is -1.85. The number of hydrogen-bond donors (Lipinski definition) is 0. The third-order valence-electron chi connectivity index (χ3n) is 7.38. The molecule has 0 N–H and O–H groups in total. The molecule has 3 atom stereocenters. The standard InChI is InChI=1S/C25H50NOP/c1-3-5-6-7-8-9-10-11-12-13-14-15-16-18-21-24-25(28(24,27)4-2)26-22-19-17-20-23-26/h24-25H,3-23H2,1-2H3. The van der Waals surface area contributed by atoms with Crippen LogP contribution in [0.5, 0.6) is 0 Å². The Hall–Kier alpha value is 0.190. The van der Waals surface area contributed by atoms with Gasteiger partial charge in [0.2, 0.25) is 0 Å². The van der Waals surface area contributed by atoms with Crippen molar-refractivity contribution in [2.45, 2.75) is 141 Å². The Morgan fingerprint density at radius 3 is 1.61 bits per heavy atom. The van der Waals surface area contributed by atoms with Gasteiger partial charge in [-0.15, -0.1) is 0 Å². The molecule has 2 fully saturated rings. The van der Waals surface area contributed by atoms with Crippen LogP contribution in [-0.4, -0.2) is 35.6 Å². The molecule has 2 aliphatic heterocycles. The Morgan fingerprint density at radius 1 is 0.679 bits per heavy atom. The fraction of sp³-hybridized carbons (Fsp3) is 1.00. The zero-order valence-corrected chi connectivity index (χ0v) is 20.2. The van der Waals surface area contributed by atoms with E-state index in [0.717, 1.165) is 6.16 Å². The smallest absolute Gasteiger partial charge is 0.109 e. The molecule has 0 saturated carbocycles. The summed E-state index contributed by atoms with van der Waals surface area (Å²) >= 11 is 0. The molecule has 0 spiro atoms. The monoisotopic (exact) mass is 411 g/mol. The summed E-state index contributed by atoms with van der Waals surface area (Å²) in [6.07, 6.45) is 26.1. The van der Waals surface area contributed by atoms with Crippen LogP contribution in [0, 0.1) is 0 Å². The fourth-order valence-corrected chi connectivity index (χ4v) is 9.31. The lowest BCUT2D eigenvalue weighted by Crippen LogP contribution is -2.33. The number of likely N-dealkylation sites (tertiary alicyclic amines) is 1. The normalized spacial score (nSPS) is 27.9. The van der Waals surface area contributed by atoms with Gasteiger partial charge in [0, 0.05) is 5.66 Å². The van der Waals surface area contributed by atoms with E-state index >= 15 is 0 Å². The second-order valence-corrected chi connectivity index (χ2v) is 13.2. The molecular weight excluding hydrogens is 361 g/mol. The van der Waals surface area contributed by atoms with Crippen LogP contribution in [0.1, 0.15) is 129 Å². The maximum absolute atomic E-state index is 13.2. The molecule has 28 heavy (non-hydrogen) atoms. The molecule has 2 aliphatic rings. The zero-order valence-electron chi connectivity index (χ0n) is 19.3. The van der Waals surface area contributed by atoms with Crippen molar-refractivity contribution in [3.63, 3.8) is 0 Å². The van der Waals surface area contributed by atoms with Crippen LogP contribution in [0.2, 0.25) is 0 Å². The van der Waals surface area contributed by atoms with Crippen LogP contribution < -0.4 is 0 Å². The summed E-state index contributed by atoms with van der Waals surface area (Å²) in [5, 5.41) is 0. The minimum Gasteiger partial charge on any atom is -0.322 e. The van der Waals surface area contributed by atoms with Crippen molar-refractivity contribution in [3.05, 3.63) is 0 Å². The van der Waals surface area contributed by atoms with Crippen molar-refractivity contribution in [3.8, 4) is 0 Å². The SMILES string of the molecule is CCCCCCCCCCCCCCCCC1C(N2CCCCC2)P1(=O)CC. The first-order valence-corrected chi connectivity index (χ1v) is 15.1. The van der Waals surface area contributed by atoms with Gasteiger partial charge in [-0.25, -0.2) is 0 Å². The Balaban J connectivity index is 1.41. The van der Waals surface area contributed by atoms with Crippen LogP contribution in [0.4, 0.5) is 0 Å². The molecule has 3 heteroatoms. The molecule has 0 aromatic rings. The second kappa shape index (κ2) is 14.2. The maximum atomic E-state index is 13.2. The molecular formula is C25H50NOP. The van der Waals surface area contributed by atoms with Gasteiger partial charge in [-0.1, -0.05) is 110 Å². The van der Waals surface area contributed by atoms with Crippen LogP contribution in [0.25, 0.3) is 0 Å². The number of unbranched alkanes of at least 4 members (excludes halogenated alkanes) is 13. The van der Waals surface area contributed by atoms with Gasteiger partial charge >= 0.3 is 0 Å². The van der Waals surface area contributed by atoms with E-state index in [1.807, 2.05) is 0 Å². The van der Waals surface area contributed by atoms with Crippen molar-refractivity contribution in [1.82, 2.24) is 4.90 Å². The number of rotatable bonds is 17. The molecule has 166 valence electrons. The van der Waals surface area contributed by atoms with E-state index < -0.39 is 7.14 Å². The third-order valence-corrected chi connectivity index (χ3v) is 11.3. The highest BCUT2D eigenvalue weighted by Gasteiger charge is 2.61. The van der Waals surface area contributed by atoms with Gasteiger partial charge in [0.15, 0.2) is 0 Å². The van der Waals surface area contributed by atoms with E-state index in [1.54, 1.807) is 0 Å². The predicted octanol–water partition coefficient (Wildman–Crippen LogP) is 8.44. The van der Waals surface area contributed by atoms with Crippen molar-refractivity contribution in [2.24, 2.45) is 0 Å². The molecule has 0 aromatic heterocycles. The van der Waals surface area contributed by atoms with Gasteiger partial charge < -0.3 is 4.57 Å². The second-order valence-electron chi connectivity index (χ2n) is 9.63. The summed E-state index contributed by atoms with van der Waals surface area (Å²) < 4.78 is 13.2. The minimum atomic E-state index is -1.85. The number of hydrogen-bond acceptors (Lipinski definition) is 2. The number of nitrogens with zero attached hydrogens (tertiary/aromatic N) is 1. The minimum absolute atomic E-state index is 0.486. The van der Waals surface area contributed by atoms with Crippen LogP contribution in [0.3, 0.4) is 0 Å². The van der Waals surface area contributed by atoms with Crippen LogP contribution >= 0.6 is 7.14 Å². The van der Waals surface area contributed by atoms with Gasteiger partial charge in [-0.3, -0.25) is 4.90 Å². The molecule has 0 aliphatic carbocycles. The lowest BCUT2D eigenvalue weighted by atomic mass is 10.0. The van der Waals surface area contributed by atoms with Gasteiger partial charge in [0.1, 0.15) is 7.14 Å². The van der Waals surface area contributed by atoms with Gasteiger partial charge in [0.25, 0.3) is 0 Å². The summed E-state index contributed by atoms with van der Waals surface area (Å²) in [6.45, 7) is 6.89. The lowest BCUT2D eigenvalue weighted by molar-refractivity contribution is 0.224. The Bertz CT molecular complexity index is 432. The average Bonchev–Trinajstić information content (AvgIpc) is 3.33. The zero-order chi connectivity index (χ0) is 20.1. The Morgan fingerprint density at radius 2 is 1.14 bits per heavy atom. The molecule has 3 unspecified atom stereocenters. The molecule has 0 amide bonds. The van der Waals surface area contributed by atoms with Crippen molar-refractivity contribution in [1.29, 1.82) is 0 Å². The molecule has 2 saturated heterocycles. The van der Waals surface area contributed by atoms with Crippen molar-refractivity contribution >= 4 is 7.14 Å². The topological polar surface area (TPSA) is 20.3 Å². The highest BCUT2D eigenvalue weighted by Crippen LogP contribution is 2.76. The molecule has 2 heterocycles. The molecule has 2 nitrogen and oxygen atoms in total. The Kier molecular flexibility index (Phi) is 12.4. The van der Waals surface area contributed by atoms with E-state index in [0.29, 0.717) is 11.4 Å². The van der Waals surface area contributed by atoms with Gasteiger partial charge in [-0.05, 0) is 38.5 Å². The van der Waals surface area contributed by atoms with E-state index in [4.69, 9.17) is 0 Å². The maximum Gasteiger partial charge on any atom is 0.109 e. The highest BCUT2D eigenvalue weighted by molar-refractivity contribution is 7.73. The highest BCUT2D eigenvalue weighted by atomic mass is 31.2.